The summed E-state index contributed by atoms with van der Waals surface area (Å²) in [6.45, 7) is 4.83. The first-order valence-corrected chi connectivity index (χ1v) is 11.6. The largest absolute Gasteiger partial charge is 0.367 e. The van der Waals surface area contributed by atoms with E-state index in [0.29, 0.717) is 47.3 Å². The van der Waals surface area contributed by atoms with Crippen LogP contribution in [0.1, 0.15) is 12.0 Å². The number of H-pyrrole nitrogens is 1. The van der Waals surface area contributed by atoms with Crippen molar-refractivity contribution in [3.8, 4) is 0 Å². The third-order valence-electron chi connectivity index (χ3n) is 6.20. The summed E-state index contributed by atoms with van der Waals surface area (Å²) in [6, 6.07) is 11.5. The number of halogens is 2. The van der Waals surface area contributed by atoms with Gasteiger partial charge in [-0.2, -0.15) is 0 Å². The molecule has 1 amide bonds. The molecule has 1 N–H and O–H groups in total. The summed E-state index contributed by atoms with van der Waals surface area (Å²) in [5.74, 6) is 0.0195. The van der Waals surface area contributed by atoms with Crippen LogP contribution in [0.2, 0.25) is 10.0 Å². The second kappa shape index (κ2) is 8.72. The Hall–Kier alpha value is -3.03. The predicted octanol–water partition coefficient (Wildman–Crippen LogP) is 4.23. The molecule has 3 heterocycles. The zero-order chi connectivity index (χ0) is 23.1. The van der Waals surface area contributed by atoms with Gasteiger partial charge in [-0.05, 0) is 30.7 Å². The first-order valence-electron chi connectivity index (χ1n) is 10.9. The zero-order valence-electron chi connectivity index (χ0n) is 18.1. The lowest BCUT2D eigenvalue weighted by Crippen LogP contribution is -2.49. The molecule has 4 aromatic rings. The number of nitrogens with zero attached hydrogens (tertiary/aromatic N) is 4. The summed E-state index contributed by atoms with van der Waals surface area (Å²) in [7, 11) is 0. The molecule has 0 atom stereocenters. The number of carbonyl (C=O) groups excluding carboxylic acids is 1. The SMILES string of the molecule is Cc1ccc2c(c1)[nH]c1c(=O)n(CCC(=O)N3CCN(c4cccc(Cl)c4Cl)CC3)cnc12. The fourth-order valence-electron chi connectivity index (χ4n) is 4.38. The smallest absolute Gasteiger partial charge is 0.277 e. The summed E-state index contributed by atoms with van der Waals surface area (Å²) in [6.07, 6.45) is 1.77. The molecule has 7 nitrogen and oxygen atoms in total. The average Bonchev–Trinajstić information content (AvgIpc) is 3.19. The molecule has 170 valence electrons. The van der Waals surface area contributed by atoms with Crippen molar-refractivity contribution in [2.24, 2.45) is 0 Å². The molecular formula is C24H23Cl2N5O2. The minimum atomic E-state index is -0.165. The number of nitrogens with one attached hydrogen (secondary N) is 1. The van der Waals surface area contributed by atoms with Gasteiger partial charge in [0.25, 0.3) is 5.56 Å². The lowest BCUT2D eigenvalue weighted by molar-refractivity contribution is -0.131. The van der Waals surface area contributed by atoms with Gasteiger partial charge in [-0.3, -0.25) is 14.2 Å². The summed E-state index contributed by atoms with van der Waals surface area (Å²) in [4.78, 5) is 37.4. The van der Waals surface area contributed by atoms with Crippen molar-refractivity contribution in [1.82, 2.24) is 19.4 Å². The Bertz CT molecular complexity index is 1420. The maximum Gasteiger partial charge on any atom is 0.277 e. The van der Waals surface area contributed by atoms with E-state index in [9.17, 15) is 9.59 Å². The minimum Gasteiger partial charge on any atom is -0.367 e. The maximum absolute atomic E-state index is 13.0. The number of piperazine rings is 1. The Balaban J connectivity index is 1.25. The summed E-state index contributed by atoms with van der Waals surface area (Å²) >= 11 is 12.5. The zero-order valence-corrected chi connectivity index (χ0v) is 19.7. The van der Waals surface area contributed by atoms with E-state index in [2.05, 4.69) is 14.9 Å². The topological polar surface area (TPSA) is 74.2 Å². The maximum atomic E-state index is 13.0. The number of hydrogen-bond donors (Lipinski definition) is 1. The van der Waals surface area contributed by atoms with Crippen LogP contribution in [0.4, 0.5) is 5.69 Å². The molecule has 0 bridgehead atoms. The van der Waals surface area contributed by atoms with E-state index >= 15 is 0 Å². The number of anilines is 1. The number of aromatic amines is 1. The number of carbonyl (C=O) groups is 1. The first-order chi connectivity index (χ1) is 15.9. The van der Waals surface area contributed by atoms with E-state index < -0.39 is 0 Å². The molecule has 5 rings (SSSR count). The number of amides is 1. The van der Waals surface area contributed by atoms with Gasteiger partial charge < -0.3 is 14.8 Å². The Kier molecular flexibility index (Phi) is 5.76. The van der Waals surface area contributed by atoms with E-state index in [1.165, 1.54) is 10.9 Å². The fraction of sp³-hybridized carbons (Fsp3) is 0.292. The number of aromatic nitrogens is 3. The van der Waals surface area contributed by atoms with E-state index in [1.807, 2.05) is 42.2 Å². The first kappa shape index (κ1) is 21.8. The van der Waals surface area contributed by atoms with E-state index in [4.69, 9.17) is 23.2 Å². The molecule has 0 aliphatic carbocycles. The van der Waals surface area contributed by atoms with Crippen LogP contribution in [0.15, 0.2) is 47.5 Å². The van der Waals surface area contributed by atoms with E-state index in [0.717, 1.165) is 22.2 Å². The van der Waals surface area contributed by atoms with Gasteiger partial charge in [-0.15, -0.1) is 0 Å². The highest BCUT2D eigenvalue weighted by Crippen LogP contribution is 2.33. The quantitative estimate of drug-likeness (QED) is 0.471. The molecule has 0 spiro atoms. The number of rotatable bonds is 4. The van der Waals surface area contributed by atoms with Crippen molar-refractivity contribution in [1.29, 1.82) is 0 Å². The van der Waals surface area contributed by atoms with Crippen molar-refractivity contribution in [2.45, 2.75) is 19.9 Å². The van der Waals surface area contributed by atoms with E-state index in [1.54, 1.807) is 6.07 Å². The highest BCUT2D eigenvalue weighted by atomic mass is 35.5. The molecule has 1 saturated heterocycles. The predicted molar refractivity (Wildman–Crippen MR) is 132 cm³/mol. The van der Waals surface area contributed by atoms with Crippen LogP contribution in [0.25, 0.3) is 21.9 Å². The van der Waals surface area contributed by atoms with E-state index in [-0.39, 0.29) is 24.4 Å². The molecular weight excluding hydrogens is 461 g/mol. The van der Waals surface area contributed by atoms with Crippen molar-refractivity contribution in [2.75, 3.05) is 31.1 Å². The van der Waals surface area contributed by atoms with Crippen molar-refractivity contribution < 1.29 is 4.79 Å². The Morgan fingerprint density at radius 1 is 1.12 bits per heavy atom. The van der Waals surface area contributed by atoms with Crippen LogP contribution in [0, 0.1) is 6.92 Å². The molecule has 1 aliphatic heterocycles. The molecule has 2 aromatic carbocycles. The lowest BCUT2D eigenvalue weighted by atomic mass is 10.2. The fourth-order valence-corrected chi connectivity index (χ4v) is 4.79. The normalized spacial score (nSPS) is 14.4. The average molecular weight is 484 g/mol. The third-order valence-corrected chi connectivity index (χ3v) is 7.01. The van der Waals surface area contributed by atoms with Gasteiger partial charge in [-0.25, -0.2) is 4.98 Å². The number of hydrogen-bond acceptors (Lipinski definition) is 4. The van der Waals surface area contributed by atoms with Gasteiger partial charge in [0.2, 0.25) is 5.91 Å². The highest BCUT2D eigenvalue weighted by molar-refractivity contribution is 6.43. The molecule has 0 radical (unpaired) electrons. The highest BCUT2D eigenvalue weighted by Gasteiger charge is 2.23. The van der Waals surface area contributed by atoms with Gasteiger partial charge in [0, 0.05) is 50.0 Å². The summed E-state index contributed by atoms with van der Waals surface area (Å²) < 4.78 is 1.50. The second-order valence-electron chi connectivity index (χ2n) is 8.33. The Morgan fingerprint density at radius 2 is 1.91 bits per heavy atom. The van der Waals surface area contributed by atoms with Gasteiger partial charge in [0.1, 0.15) is 11.0 Å². The van der Waals surface area contributed by atoms with Gasteiger partial charge >= 0.3 is 0 Å². The molecule has 1 fully saturated rings. The lowest BCUT2D eigenvalue weighted by Gasteiger charge is -2.36. The molecule has 1 aliphatic rings. The summed E-state index contributed by atoms with van der Waals surface area (Å²) in [5, 5.41) is 1.98. The number of benzene rings is 2. The Morgan fingerprint density at radius 3 is 2.70 bits per heavy atom. The van der Waals surface area contributed by atoms with Crippen molar-refractivity contribution in [3.63, 3.8) is 0 Å². The van der Waals surface area contributed by atoms with Gasteiger partial charge in [0.15, 0.2) is 0 Å². The van der Waals surface area contributed by atoms with Crippen LogP contribution in [-0.2, 0) is 11.3 Å². The second-order valence-corrected chi connectivity index (χ2v) is 9.12. The van der Waals surface area contributed by atoms with Crippen molar-refractivity contribution in [3.05, 3.63) is 68.7 Å². The van der Waals surface area contributed by atoms with Crippen LogP contribution in [0.5, 0.6) is 0 Å². The number of fused-ring (bicyclic) bond motifs is 3. The van der Waals surface area contributed by atoms with Crippen LogP contribution in [0.3, 0.4) is 0 Å². The van der Waals surface area contributed by atoms with Gasteiger partial charge in [-0.1, -0.05) is 41.4 Å². The molecule has 0 saturated carbocycles. The molecule has 2 aromatic heterocycles. The van der Waals surface area contributed by atoms with Crippen molar-refractivity contribution >= 4 is 56.7 Å². The van der Waals surface area contributed by atoms with Crippen LogP contribution < -0.4 is 10.5 Å². The molecule has 33 heavy (non-hydrogen) atoms. The Labute approximate surface area is 200 Å². The monoisotopic (exact) mass is 483 g/mol. The summed E-state index contributed by atoms with van der Waals surface area (Å²) in [5.41, 5.74) is 3.85. The molecule has 0 unspecified atom stereocenters. The minimum absolute atomic E-state index is 0.0195. The third kappa shape index (κ3) is 4.07. The van der Waals surface area contributed by atoms with Gasteiger partial charge in [0.05, 0.1) is 22.1 Å². The number of aryl methyl sites for hydroxylation is 2. The molecule has 9 heteroatoms. The van der Waals surface area contributed by atoms with Crippen LogP contribution >= 0.6 is 23.2 Å². The van der Waals surface area contributed by atoms with Crippen LogP contribution in [-0.4, -0.2) is 51.5 Å². The standard InChI is InChI=1S/C24H23Cl2N5O2/c1-15-5-6-16-18(13-15)28-23-22(16)27-14-31(24(23)33)8-7-20(32)30-11-9-29(10-12-30)19-4-2-3-17(25)21(19)26/h2-6,13-14,28H,7-12H2,1H3.